The van der Waals surface area contributed by atoms with Crippen molar-refractivity contribution in [3.63, 3.8) is 0 Å². The van der Waals surface area contributed by atoms with Crippen LogP contribution in [0.2, 0.25) is 0 Å². The number of hydrogen-bond acceptors (Lipinski definition) is 5. The third-order valence-electron chi connectivity index (χ3n) is 4.97. The number of piperidine rings is 1. The number of halogens is 5. The van der Waals surface area contributed by atoms with Gasteiger partial charge in [-0.25, -0.2) is 4.98 Å². The first kappa shape index (κ1) is 22.7. The van der Waals surface area contributed by atoms with Gasteiger partial charge in [0.25, 0.3) is 0 Å². The third-order valence-corrected chi connectivity index (χ3v) is 4.97. The Morgan fingerprint density at radius 2 is 1.84 bits per heavy atom. The Kier molecular flexibility index (Phi) is 6.91. The van der Waals surface area contributed by atoms with Gasteiger partial charge in [-0.2, -0.15) is 22.0 Å². The third kappa shape index (κ3) is 6.25. The van der Waals surface area contributed by atoms with E-state index in [4.69, 9.17) is 0 Å². The first-order valence-electron chi connectivity index (χ1n) is 9.58. The van der Waals surface area contributed by atoms with Gasteiger partial charge in [0.05, 0.1) is 11.6 Å². The molecular weight excluding hydrogens is 425 g/mol. The first-order valence-corrected chi connectivity index (χ1v) is 9.58. The summed E-state index contributed by atoms with van der Waals surface area (Å²) in [5.41, 5.74) is 1.05. The smallest absolute Gasteiger partial charge is 0.389 e. The number of aromatic nitrogens is 2. The minimum atomic E-state index is -4.33. The number of carboxylic acids is 1. The topological polar surface area (TPSA) is 75.5 Å². The lowest BCUT2D eigenvalue weighted by Gasteiger charge is -2.32. The van der Waals surface area contributed by atoms with Crippen molar-refractivity contribution in [2.45, 2.75) is 38.5 Å². The molecule has 1 aliphatic rings. The molecule has 168 valence electrons. The summed E-state index contributed by atoms with van der Waals surface area (Å²) in [5.74, 6) is -1.09. The van der Waals surface area contributed by atoms with Crippen LogP contribution in [0.15, 0.2) is 30.5 Å². The van der Waals surface area contributed by atoms with Crippen molar-refractivity contribution < 1.29 is 36.6 Å². The zero-order valence-corrected chi connectivity index (χ0v) is 16.3. The Balaban J connectivity index is 1.89. The van der Waals surface area contributed by atoms with Gasteiger partial charge in [0.2, 0.25) is 0 Å². The average Bonchev–Trinajstić information content (AvgIpc) is 2.72. The molecule has 1 aliphatic heterocycles. The second-order valence-electron chi connectivity index (χ2n) is 7.15. The zero-order valence-electron chi connectivity index (χ0n) is 16.3. The van der Waals surface area contributed by atoms with Crippen LogP contribution in [0.1, 0.15) is 25.0 Å². The standard InChI is InChI=1S/C20H20F5N3O3/c21-19(22)31-15-3-1-12(2-4-15)16-17(28-9-6-13(7-10-28)18(29)30)27-14(11-26-16)5-8-20(23,24)25/h1-4,11,13,19H,5-10H2,(H,29,30). The molecule has 0 amide bonds. The summed E-state index contributed by atoms with van der Waals surface area (Å²) < 4.78 is 66.9. The molecule has 0 aliphatic carbocycles. The van der Waals surface area contributed by atoms with E-state index in [1.165, 1.54) is 30.5 Å². The second-order valence-corrected chi connectivity index (χ2v) is 7.15. The van der Waals surface area contributed by atoms with Crippen LogP contribution in [0.25, 0.3) is 11.3 Å². The van der Waals surface area contributed by atoms with E-state index < -0.39 is 31.1 Å². The summed E-state index contributed by atoms with van der Waals surface area (Å²) in [6.07, 6.45) is -3.72. The Hall–Kier alpha value is -2.98. The SMILES string of the molecule is O=C(O)C1CCN(c2nc(CCC(F)(F)F)cnc2-c2ccc(OC(F)F)cc2)CC1. The van der Waals surface area contributed by atoms with Crippen molar-refractivity contribution in [2.24, 2.45) is 5.92 Å². The fourth-order valence-electron chi connectivity index (χ4n) is 3.36. The molecule has 11 heteroatoms. The van der Waals surface area contributed by atoms with Gasteiger partial charge in [0, 0.05) is 31.3 Å². The van der Waals surface area contributed by atoms with Crippen LogP contribution in [0, 0.1) is 5.92 Å². The Labute approximate surface area is 174 Å². The number of carbonyl (C=O) groups is 1. The first-order chi connectivity index (χ1) is 14.6. The van der Waals surface area contributed by atoms with E-state index in [9.17, 15) is 31.9 Å². The van der Waals surface area contributed by atoms with E-state index in [-0.39, 0.29) is 17.9 Å². The number of carboxylic acid groups (broad SMARTS) is 1. The van der Waals surface area contributed by atoms with Gasteiger partial charge in [-0.3, -0.25) is 9.78 Å². The fraction of sp³-hybridized carbons (Fsp3) is 0.450. The molecule has 0 atom stereocenters. The molecule has 1 aromatic heterocycles. The van der Waals surface area contributed by atoms with Gasteiger partial charge in [-0.1, -0.05) is 0 Å². The maximum absolute atomic E-state index is 12.6. The highest BCUT2D eigenvalue weighted by atomic mass is 19.4. The number of nitrogens with zero attached hydrogens (tertiary/aromatic N) is 3. The van der Waals surface area contributed by atoms with Crippen molar-refractivity contribution >= 4 is 11.8 Å². The van der Waals surface area contributed by atoms with Gasteiger partial charge in [0.15, 0.2) is 5.82 Å². The molecule has 0 unspecified atom stereocenters. The number of anilines is 1. The lowest BCUT2D eigenvalue weighted by atomic mass is 9.97. The molecular formula is C20H20F5N3O3. The quantitative estimate of drug-likeness (QED) is 0.631. The summed E-state index contributed by atoms with van der Waals surface area (Å²) in [5, 5.41) is 9.19. The van der Waals surface area contributed by atoms with Crippen LogP contribution in [0.3, 0.4) is 0 Å². The van der Waals surface area contributed by atoms with Crippen LogP contribution in [0.4, 0.5) is 27.8 Å². The molecule has 6 nitrogen and oxygen atoms in total. The minimum Gasteiger partial charge on any atom is -0.481 e. The number of benzene rings is 1. The summed E-state index contributed by atoms with van der Waals surface area (Å²) in [6.45, 7) is -2.26. The number of aliphatic carboxylic acids is 1. The minimum absolute atomic E-state index is 0.0441. The van der Waals surface area contributed by atoms with Crippen molar-refractivity contribution in [3.05, 3.63) is 36.2 Å². The number of hydrogen-bond donors (Lipinski definition) is 1. The van der Waals surface area contributed by atoms with Crippen LogP contribution < -0.4 is 9.64 Å². The van der Waals surface area contributed by atoms with Crippen LogP contribution in [-0.4, -0.2) is 46.9 Å². The molecule has 1 fully saturated rings. The largest absolute Gasteiger partial charge is 0.481 e. The maximum Gasteiger partial charge on any atom is 0.389 e. The Bertz CT molecular complexity index is 898. The summed E-state index contributed by atoms with van der Waals surface area (Å²) in [6, 6.07) is 5.68. The number of ether oxygens (including phenoxy) is 1. The van der Waals surface area contributed by atoms with Gasteiger partial charge in [0.1, 0.15) is 11.4 Å². The Morgan fingerprint density at radius 1 is 1.19 bits per heavy atom. The van der Waals surface area contributed by atoms with Crippen LogP contribution in [-0.2, 0) is 11.2 Å². The van der Waals surface area contributed by atoms with E-state index in [1.807, 2.05) is 0 Å². The van der Waals surface area contributed by atoms with Crippen molar-refractivity contribution in [1.82, 2.24) is 9.97 Å². The van der Waals surface area contributed by atoms with Crippen LogP contribution >= 0.6 is 0 Å². The molecule has 0 saturated carbocycles. The molecule has 3 rings (SSSR count). The van der Waals surface area contributed by atoms with Crippen molar-refractivity contribution in [2.75, 3.05) is 18.0 Å². The summed E-state index contributed by atoms with van der Waals surface area (Å²) >= 11 is 0. The van der Waals surface area contributed by atoms with Gasteiger partial charge < -0.3 is 14.7 Å². The zero-order chi connectivity index (χ0) is 22.6. The van der Waals surface area contributed by atoms with Gasteiger partial charge in [-0.15, -0.1) is 0 Å². The van der Waals surface area contributed by atoms with Crippen molar-refractivity contribution in [1.29, 1.82) is 0 Å². The number of aryl methyl sites for hydroxylation is 1. The van der Waals surface area contributed by atoms with Gasteiger partial charge in [-0.05, 0) is 43.5 Å². The predicted molar refractivity (Wildman–Crippen MR) is 101 cm³/mol. The van der Waals surface area contributed by atoms with Crippen LogP contribution in [0.5, 0.6) is 5.75 Å². The molecule has 0 spiro atoms. The molecule has 2 aromatic rings. The summed E-state index contributed by atoms with van der Waals surface area (Å²) in [7, 11) is 0. The second kappa shape index (κ2) is 9.44. The molecule has 2 heterocycles. The van der Waals surface area contributed by atoms with E-state index in [1.54, 1.807) is 4.90 Å². The lowest BCUT2D eigenvalue weighted by molar-refractivity contribution is -0.142. The lowest BCUT2D eigenvalue weighted by Crippen LogP contribution is -2.37. The highest BCUT2D eigenvalue weighted by Crippen LogP contribution is 2.32. The molecule has 1 aromatic carbocycles. The van der Waals surface area contributed by atoms with E-state index in [0.29, 0.717) is 43.0 Å². The molecule has 1 saturated heterocycles. The molecule has 0 radical (unpaired) electrons. The number of alkyl halides is 5. The van der Waals surface area contributed by atoms with Gasteiger partial charge >= 0.3 is 18.8 Å². The predicted octanol–water partition coefficient (Wildman–Crippen LogP) is 4.54. The van der Waals surface area contributed by atoms with Crippen molar-refractivity contribution in [3.8, 4) is 17.0 Å². The van der Waals surface area contributed by atoms with E-state index in [0.717, 1.165) is 0 Å². The highest BCUT2D eigenvalue weighted by Gasteiger charge is 2.29. The summed E-state index contributed by atoms with van der Waals surface area (Å²) in [4.78, 5) is 21.7. The molecule has 0 bridgehead atoms. The molecule has 31 heavy (non-hydrogen) atoms. The fourth-order valence-corrected chi connectivity index (χ4v) is 3.36. The highest BCUT2D eigenvalue weighted by molar-refractivity contribution is 5.74. The monoisotopic (exact) mass is 445 g/mol. The normalized spacial score (nSPS) is 15.4. The average molecular weight is 445 g/mol. The number of rotatable bonds is 7. The maximum atomic E-state index is 12.6. The Morgan fingerprint density at radius 3 is 2.39 bits per heavy atom. The van der Waals surface area contributed by atoms with E-state index in [2.05, 4.69) is 14.7 Å². The van der Waals surface area contributed by atoms with E-state index >= 15 is 0 Å². The molecule has 1 N–H and O–H groups in total.